The quantitative estimate of drug-likeness (QED) is 0.590. The highest BCUT2D eigenvalue weighted by Gasteiger charge is 2.29. The summed E-state index contributed by atoms with van der Waals surface area (Å²) in [5.74, 6) is 0.389. The number of hydrogen-bond donors (Lipinski definition) is 0. The van der Waals surface area contributed by atoms with Crippen LogP contribution in [0.1, 0.15) is 34.1 Å². The lowest BCUT2D eigenvalue weighted by Crippen LogP contribution is -2.24. The van der Waals surface area contributed by atoms with Gasteiger partial charge in [0.15, 0.2) is 0 Å². The van der Waals surface area contributed by atoms with E-state index in [2.05, 4.69) is 6.58 Å². The molecule has 0 saturated carbocycles. The van der Waals surface area contributed by atoms with Gasteiger partial charge in [-0.1, -0.05) is 27.4 Å². The van der Waals surface area contributed by atoms with Crippen LogP contribution < -0.4 is 0 Å². The smallest absolute Gasteiger partial charge is 0.229 e. The van der Waals surface area contributed by atoms with Crippen molar-refractivity contribution in [3.8, 4) is 0 Å². The Balaban J connectivity index is 0.000000561. The van der Waals surface area contributed by atoms with Crippen LogP contribution in [0.25, 0.3) is 0 Å². The van der Waals surface area contributed by atoms with Gasteiger partial charge in [0, 0.05) is 18.2 Å². The molecule has 1 aliphatic heterocycles. The van der Waals surface area contributed by atoms with Crippen molar-refractivity contribution in [2.75, 3.05) is 6.54 Å². The molecular formula is C10H19NO. The predicted molar refractivity (Wildman–Crippen MR) is 51.7 cm³/mol. The van der Waals surface area contributed by atoms with Crippen LogP contribution >= 0.6 is 0 Å². The van der Waals surface area contributed by atoms with Crippen molar-refractivity contribution in [3.63, 3.8) is 0 Å². The van der Waals surface area contributed by atoms with E-state index in [4.69, 9.17) is 0 Å². The Morgan fingerprint density at radius 1 is 1.58 bits per heavy atom. The van der Waals surface area contributed by atoms with Crippen LogP contribution in [0.2, 0.25) is 0 Å². The standard InChI is InChI=1S/C8H13NO.C2H6/c1-4-9-7(3)5-6(2)8(9)10;1-2/h6H,3-5H2,1-2H3;1-2H3. The van der Waals surface area contributed by atoms with Crippen LogP contribution in [0, 0.1) is 5.92 Å². The number of nitrogens with zero attached hydrogens (tertiary/aromatic N) is 1. The van der Waals surface area contributed by atoms with E-state index in [0.29, 0.717) is 0 Å². The normalized spacial score (nSPS) is 22.3. The molecule has 1 amide bonds. The molecule has 12 heavy (non-hydrogen) atoms. The van der Waals surface area contributed by atoms with Gasteiger partial charge in [0.25, 0.3) is 0 Å². The first-order valence-corrected chi connectivity index (χ1v) is 4.66. The molecule has 2 heteroatoms. The number of allylic oxidation sites excluding steroid dienone is 1. The summed E-state index contributed by atoms with van der Waals surface area (Å²) < 4.78 is 0. The van der Waals surface area contributed by atoms with Gasteiger partial charge in [0.05, 0.1) is 0 Å². The fraction of sp³-hybridized carbons (Fsp3) is 0.700. The molecule has 0 radical (unpaired) electrons. The Labute approximate surface area is 75.3 Å². The van der Waals surface area contributed by atoms with Gasteiger partial charge < -0.3 is 4.90 Å². The first-order chi connectivity index (χ1) is 5.66. The summed E-state index contributed by atoms with van der Waals surface area (Å²) in [5.41, 5.74) is 0.972. The molecule has 0 aromatic carbocycles. The second-order valence-corrected chi connectivity index (χ2v) is 2.75. The van der Waals surface area contributed by atoms with Crippen molar-refractivity contribution in [1.29, 1.82) is 0 Å². The first kappa shape index (κ1) is 11.2. The summed E-state index contributed by atoms with van der Waals surface area (Å²) in [4.78, 5) is 13.0. The fourth-order valence-corrected chi connectivity index (χ4v) is 1.35. The van der Waals surface area contributed by atoms with Gasteiger partial charge in [-0.2, -0.15) is 0 Å². The van der Waals surface area contributed by atoms with Crippen molar-refractivity contribution in [2.45, 2.75) is 34.1 Å². The molecule has 0 aromatic rings. The van der Waals surface area contributed by atoms with Gasteiger partial charge in [-0.3, -0.25) is 4.79 Å². The van der Waals surface area contributed by atoms with E-state index in [1.54, 1.807) is 4.90 Å². The number of amides is 1. The van der Waals surface area contributed by atoms with Gasteiger partial charge in [-0.05, 0) is 13.3 Å². The molecule has 1 fully saturated rings. The van der Waals surface area contributed by atoms with Gasteiger partial charge in [-0.15, -0.1) is 0 Å². The van der Waals surface area contributed by atoms with Crippen LogP contribution in [0.4, 0.5) is 0 Å². The van der Waals surface area contributed by atoms with E-state index >= 15 is 0 Å². The zero-order valence-corrected chi connectivity index (χ0v) is 8.55. The SMILES string of the molecule is C=C1CC(C)C(=O)N1CC.CC. The van der Waals surface area contributed by atoms with Gasteiger partial charge >= 0.3 is 0 Å². The van der Waals surface area contributed by atoms with Crippen molar-refractivity contribution in [3.05, 3.63) is 12.3 Å². The summed E-state index contributed by atoms with van der Waals surface area (Å²) in [7, 11) is 0. The molecule has 70 valence electrons. The highest BCUT2D eigenvalue weighted by atomic mass is 16.2. The zero-order valence-electron chi connectivity index (χ0n) is 8.55. The Kier molecular flexibility index (Phi) is 4.64. The van der Waals surface area contributed by atoms with E-state index < -0.39 is 0 Å². The Bertz CT molecular complexity index is 175. The third kappa shape index (κ3) is 2.10. The van der Waals surface area contributed by atoms with E-state index in [9.17, 15) is 4.79 Å². The molecule has 0 N–H and O–H groups in total. The van der Waals surface area contributed by atoms with Crippen LogP contribution in [-0.4, -0.2) is 17.4 Å². The van der Waals surface area contributed by atoms with Crippen LogP contribution in [0.15, 0.2) is 12.3 Å². The van der Waals surface area contributed by atoms with Gasteiger partial charge in [-0.25, -0.2) is 0 Å². The minimum Gasteiger partial charge on any atom is -0.317 e. The average Bonchev–Trinajstić information content (AvgIpc) is 2.31. The lowest BCUT2D eigenvalue weighted by Gasteiger charge is -2.13. The molecule has 2 nitrogen and oxygen atoms in total. The number of hydrogen-bond acceptors (Lipinski definition) is 1. The van der Waals surface area contributed by atoms with E-state index in [1.807, 2.05) is 27.7 Å². The zero-order chi connectivity index (χ0) is 9.72. The predicted octanol–water partition coefficient (Wildman–Crippen LogP) is 2.41. The summed E-state index contributed by atoms with van der Waals surface area (Å²) in [5, 5.41) is 0. The molecule has 0 aliphatic carbocycles. The number of carbonyl (C=O) groups is 1. The molecule has 0 spiro atoms. The summed E-state index contributed by atoms with van der Waals surface area (Å²) in [6.45, 7) is 12.5. The Morgan fingerprint density at radius 3 is 2.25 bits per heavy atom. The highest BCUT2D eigenvalue weighted by molar-refractivity contribution is 5.83. The number of carbonyl (C=O) groups excluding carboxylic acids is 1. The van der Waals surface area contributed by atoms with E-state index in [1.165, 1.54) is 0 Å². The molecule has 0 bridgehead atoms. The summed E-state index contributed by atoms with van der Waals surface area (Å²) >= 11 is 0. The Morgan fingerprint density at radius 2 is 2.08 bits per heavy atom. The average molecular weight is 169 g/mol. The monoisotopic (exact) mass is 169 g/mol. The summed E-state index contributed by atoms with van der Waals surface area (Å²) in [6.07, 6.45) is 0.840. The minimum atomic E-state index is 0.160. The maximum absolute atomic E-state index is 11.2. The highest BCUT2D eigenvalue weighted by Crippen LogP contribution is 2.25. The van der Waals surface area contributed by atoms with Crippen molar-refractivity contribution in [1.82, 2.24) is 4.90 Å². The van der Waals surface area contributed by atoms with Crippen molar-refractivity contribution in [2.24, 2.45) is 5.92 Å². The number of likely N-dealkylation sites (tertiary alicyclic amines) is 1. The Hall–Kier alpha value is -0.790. The minimum absolute atomic E-state index is 0.160. The fourth-order valence-electron chi connectivity index (χ4n) is 1.35. The number of rotatable bonds is 1. The van der Waals surface area contributed by atoms with Crippen molar-refractivity contribution < 1.29 is 4.79 Å². The van der Waals surface area contributed by atoms with Crippen LogP contribution in [0.3, 0.4) is 0 Å². The summed E-state index contributed by atoms with van der Waals surface area (Å²) in [6, 6.07) is 0. The van der Waals surface area contributed by atoms with Gasteiger partial charge in [0.1, 0.15) is 0 Å². The second kappa shape index (κ2) is 4.96. The molecule has 1 saturated heterocycles. The molecule has 1 atom stereocenters. The lowest BCUT2D eigenvalue weighted by molar-refractivity contribution is -0.129. The van der Waals surface area contributed by atoms with Crippen molar-refractivity contribution >= 4 is 5.91 Å². The maximum Gasteiger partial charge on any atom is 0.229 e. The second-order valence-electron chi connectivity index (χ2n) is 2.75. The topological polar surface area (TPSA) is 20.3 Å². The van der Waals surface area contributed by atoms with Gasteiger partial charge in [0.2, 0.25) is 5.91 Å². The van der Waals surface area contributed by atoms with E-state index in [-0.39, 0.29) is 11.8 Å². The lowest BCUT2D eigenvalue weighted by atomic mass is 10.1. The molecule has 1 rings (SSSR count). The molecular weight excluding hydrogens is 150 g/mol. The van der Waals surface area contributed by atoms with Crippen LogP contribution in [0.5, 0.6) is 0 Å². The third-order valence-electron chi connectivity index (χ3n) is 1.93. The molecule has 1 heterocycles. The largest absolute Gasteiger partial charge is 0.317 e. The third-order valence-corrected chi connectivity index (χ3v) is 1.93. The molecule has 1 unspecified atom stereocenters. The molecule has 1 aliphatic rings. The van der Waals surface area contributed by atoms with Crippen LogP contribution in [-0.2, 0) is 4.79 Å². The maximum atomic E-state index is 11.2. The first-order valence-electron chi connectivity index (χ1n) is 4.66. The van der Waals surface area contributed by atoms with E-state index in [0.717, 1.165) is 18.7 Å². The molecule has 0 aromatic heterocycles.